The Bertz CT molecular complexity index is 648. The zero-order chi connectivity index (χ0) is 20.6. The number of esters is 1. The summed E-state index contributed by atoms with van der Waals surface area (Å²) in [7, 11) is 1.36. The molecule has 1 aromatic rings. The number of aliphatic hydroxyl groups is 1. The van der Waals surface area contributed by atoms with E-state index >= 15 is 0 Å². The first-order valence-electron chi connectivity index (χ1n) is 10.6. The number of hydrogen-bond acceptors (Lipinski definition) is 6. The minimum absolute atomic E-state index is 0.0293. The van der Waals surface area contributed by atoms with Crippen LogP contribution in [-0.4, -0.2) is 43.5 Å². The molecule has 6 atom stereocenters. The van der Waals surface area contributed by atoms with Gasteiger partial charge in [0.05, 0.1) is 25.7 Å². The van der Waals surface area contributed by atoms with Gasteiger partial charge in [-0.1, -0.05) is 43.2 Å². The predicted octanol–water partition coefficient (Wildman–Crippen LogP) is 3.11. The first-order valence-corrected chi connectivity index (χ1v) is 10.6. The number of hydrogen-bond donors (Lipinski definition) is 1. The lowest BCUT2D eigenvalue weighted by Gasteiger charge is -2.23. The van der Waals surface area contributed by atoms with Gasteiger partial charge in [-0.15, -0.1) is 0 Å². The second-order valence-corrected chi connectivity index (χ2v) is 8.26. The van der Waals surface area contributed by atoms with Gasteiger partial charge in [-0.25, -0.2) is 0 Å². The molecule has 0 bridgehead atoms. The molecule has 0 aliphatic heterocycles. The number of fused-ring (bicyclic) bond motifs is 1. The molecule has 0 unspecified atom stereocenters. The fourth-order valence-corrected chi connectivity index (χ4v) is 5.26. The molecule has 3 rings (SSSR count). The molecule has 1 N–H and O–H groups in total. The van der Waals surface area contributed by atoms with Gasteiger partial charge < -0.3 is 19.3 Å². The Labute approximate surface area is 172 Å². The first-order chi connectivity index (χ1) is 14.2. The third kappa shape index (κ3) is 5.37. The summed E-state index contributed by atoms with van der Waals surface area (Å²) in [6, 6.07) is 10.1. The Morgan fingerprint density at radius 2 is 1.93 bits per heavy atom. The molecular formula is C23H32O6. The number of rotatable bonds is 11. The Hall–Kier alpha value is -1.92. The number of methoxy groups -OCH3 is 1. The highest BCUT2D eigenvalue weighted by molar-refractivity contribution is 5.74. The van der Waals surface area contributed by atoms with Gasteiger partial charge in [0.1, 0.15) is 6.10 Å². The van der Waals surface area contributed by atoms with Gasteiger partial charge in [0.25, 0.3) is 6.47 Å². The minimum Gasteiger partial charge on any atom is -0.469 e. The van der Waals surface area contributed by atoms with Crippen molar-refractivity contribution in [3.05, 3.63) is 35.9 Å². The van der Waals surface area contributed by atoms with Crippen molar-refractivity contribution >= 4 is 12.4 Å². The summed E-state index contributed by atoms with van der Waals surface area (Å²) in [6.45, 7) is 1.88. The molecule has 0 aromatic heterocycles. The topological polar surface area (TPSA) is 82.1 Å². The highest BCUT2D eigenvalue weighted by atomic mass is 16.5. The van der Waals surface area contributed by atoms with E-state index in [1.165, 1.54) is 12.7 Å². The molecule has 6 nitrogen and oxygen atoms in total. The summed E-state index contributed by atoms with van der Waals surface area (Å²) >= 11 is 0. The van der Waals surface area contributed by atoms with Crippen molar-refractivity contribution in [2.75, 3.05) is 13.7 Å². The van der Waals surface area contributed by atoms with E-state index < -0.39 is 12.0 Å². The van der Waals surface area contributed by atoms with E-state index in [1.54, 1.807) is 0 Å². The van der Waals surface area contributed by atoms with Crippen molar-refractivity contribution in [2.45, 2.75) is 57.3 Å². The molecule has 2 aliphatic rings. The quantitative estimate of drug-likeness (QED) is 0.347. The van der Waals surface area contributed by atoms with Gasteiger partial charge in [-0.2, -0.15) is 0 Å². The van der Waals surface area contributed by atoms with Crippen LogP contribution in [0.4, 0.5) is 0 Å². The maximum absolute atomic E-state index is 12.1. The Kier molecular flexibility index (Phi) is 8.07. The highest BCUT2D eigenvalue weighted by Crippen LogP contribution is 2.52. The summed E-state index contributed by atoms with van der Waals surface area (Å²) in [5.74, 6) is -0.551. The Morgan fingerprint density at radius 3 is 2.66 bits per heavy atom. The van der Waals surface area contributed by atoms with Crippen LogP contribution in [0.3, 0.4) is 0 Å². The Balaban J connectivity index is 1.40. The molecule has 2 aliphatic carbocycles. The molecule has 0 heterocycles. The molecule has 1 aromatic carbocycles. The lowest BCUT2D eigenvalue weighted by Crippen LogP contribution is -2.29. The molecule has 160 valence electrons. The molecule has 0 saturated heterocycles. The largest absolute Gasteiger partial charge is 0.469 e. The second-order valence-electron chi connectivity index (χ2n) is 8.26. The zero-order valence-corrected chi connectivity index (χ0v) is 17.1. The summed E-state index contributed by atoms with van der Waals surface area (Å²) < 4.78 is 16.0. The molecular weight excluding hydrogens is 372 g/mol. The summed E-state index contributed by atoms with van der Waals surface area (Å²) in [4.78, 5) is 23.1. The molecule has 0 spiro atoms. The maximum atomic E-state index is 12.1. The highest BCUT2D eigenvalue weighted by Gasteiger charge is 2.56. The lowest BCUT2D eigenvalue weighted by atomic mass is 9.89. The first kappa shape index (κ1) is 21.8. The van der Waals surface area contributed by atoms with E-state index in [0.717, 1.165) is 38.7 Å². The monoisotopic (exact) mass is 404 g/mol. The van der Waals surface area contributed by atoms with Crippen LogP contribution in [0, 0.1) is 23.7 Å². The molecule has 2 fully saturated rings. The average molecular weight is 405 g/mol. The smallest absolute Gasteiger partial charge is 0.311 e. The second kappa shape index (κ2) is 10.7. The van der Waals surface area contributed by atoms with E-state index in [0.29, 0.717) is 19.5 Å². The SMILES string of the molecule is COC(=O)[C@H]1[C@@H]2C[C@@H](CCCCCOCc3ccccc3)[C@@H](OC=O)[C@@H]2C[C@@H]1O. The van der Waals surface area contributed by atoms with Crippen LogP contribution in [0.1, 0.15) is 44.1 Å². The summed E-state index contributed by atoms with van der Waals surface area (Å²) in [5, 5.41) is 10.3. The zero-order valence-electron chi connectivity index (χ0n) is 17.1. The maximum Gasteiger partial charge on any atom is 0.311 e. The third-order valence-corrected chi connectivity index (χ3v) is 6.56. The molecule has 29 heavy (non-hydrogen) atoms. The fraction of sp³-hybridized carbons (Fsp3) is 0.652. The number of carbonyl (C=O) groups is 2. The average Bonchev–Trinajstić information content (AvgIpc) is 3.22. The number of carbonyl (C=O) groups excluding carboxylic acids is 2. The summed E-state index contributed by atoms with van der Waals surface area (Å²) in [6.07, 6.45) is 4.40. The van der Waals surface area contributed by atoms with Gasteiger partial charge in [0.2, 0.25) is 0 Å². The van der Waals surface area contributed by atoms with Gasteiger partial charge in [0.15, 0.2) is 0 Å². The standard InChI is InChI=1S/C23H32O6/c1-27-23(26)21-18-12-17(22(29-15-24)19(18)13-20(21)25)10-6-3-7-11-28-14-16-8-4-2-5-9-16/h2,4-5,8-9,15,17-22,25H,3,6-7,10-14H2,1H3/t17-,18-,19-,20+,21+,22-/m1/s1. The van der Waals surface area contributed by atoms with Gasteiger partial charge in [-0.05, 0) is 43.1 Å². The van der Waals surface area contributed by atoms with E-state index in [4.69, 9.17) is 14.2 Å². The molecule has 0 amide bonds. The van der Waals surface area contributed by atoms with Crippen LogP contribution in [-0.2, 0) is 30.4 Å². The van der Waals surface area contributed by atoms with Gasteiger partial charge >= 0.3 is 5.97 Å². The van der Waals surface area contributed by atoms with Crippen molar-refractivity contribution in [1.82, 2.24) is 0 Å². The van der Waals surface area contributed by atoms with Crippen LogP contribution in [0.15, 0.2) is 30.3 Å². The minimum atomic E-state index is -0.710. The predicted molar refractivity (Wildman–Crippen MR) is 107 cm³/mol. The lowest BCUT2D eigenvalue weighted by molar-refractivity contribution is -0.150. The van der Waals surface area contributed by atoms with Crippen molar-refractivity contribution in [2.24, 2.45) is 23.7 Å². The fourth-order valence-electron chi connectivity index (χ4n) is 5.26. The number of ether oxygens (including phenoxy) is 3. The van der Waals surface area contributed by atoms with E-state index in [1.807, 2.05) is 18.2 Å². The van der Waals surface area contributed by atoms with E-state index in [-0.39, 0.29) is 29.8 Å². The van der Waals surface area contributed by atoms with Crippen LogP contribution < -0.4 is 0 Å². The van der Waals surface area contributed by atoms with E-state index in [2.05, 4.69) is 12.1 Å². The summed E-state index contributed by atoms with van der Waals surface area (Å²) in [5.41, 5.74) is 1.18. The van der Waals surface area contributed by atoms with Crippen molar-refractivity contribution < 1.29 is 28.9 Å². The molecule has 2 saturated carbocycles. The van der Waals surface area contributed by atoms with Crippen LogP contribution in [0.25, 0.3) is 0 Å². The van der Waals surface area contributed by atoms with E-state index in [9.17, 15) is 14.7 Å². The molecule has 6 heteroatoms. The Morgan fingerprint density at radius 1 is 1.14 bits per heavy atom. The van der Waals surface area contributed by atoms with Crippen LogP contribution >= 0.6 is 0 Å². The molecule has 0 radical (unpaired) electrons. The van der Waals surface area contributed by atoms with Crippen molar-refractivity contribution in [1.29, 1.82) is 0 Å². The van der Waals surface area contributed by atoms with Crippen molar-refractivity contribution in [3.63, 3.8) is 0 Å². The van der Waals surface area contributed by atoms with Crippen LogP contribution in [0.5, 0.6) is 0 Å². The number of benzene rings is 1. The van der Waals surface area contributed by atoms with Gasteiger partial charge in [-0.3, -0.25) is 9.59 Å². The normalized spacial score (nSPS) is 30.7. The number of unbranched alkanes of at least 4 members (excludes halogenated alkanes) is 2. The van der Waals surface area contributed by atoms with Crippen molar-refractivity contribution in [3.8, 4) is 0 Å². The van der Waals surface area contributed by atoms with Crippen LogP contribution in [0.2, 0.25) is 0 Å². The van der Waals surface area contributed by atoms with Gasteiger partial charge in [0, 0.05) is 12.5 Å². The third-order valence-electron chi connectivity index (χ3n) is 6.56. The number of aliphatic hydroxyl groups excluding tert-OH is 1.